The van der Waals surface area contributed by atoms with E-state index in [1.807, 2.05) is 54.6 Å². The van der Waals surface area contributed by atoms with Crippen LogP contribution in [0.15, 0.2) is 77.2 Å². The summed E-state index contributed by atoms with van der Waals surface area (Å²) in [5.41, 5.74) is 1.85. The van der Waals surface area contributed by atoms with Gasteiger partial charge in [0.2, 0.25) is 5.89 Å². The summed E-state index contributed by atoms with van der Waals surface area (Å²) in [4.78, 5) is 0. The topological polar surface area (TPSA) is 38.9 Å². The van der Waals surface area contributed by atoms with Crippen LogP contribution in [-0.2, 0) is 0 Å². The van der Waals surface area contributed by atoms with Crippen molar-refractivity contribution >= 4 is 33.5 Å². The summed E-state index contributed by atoms with van der Waals surface area (Å²) in [7, 11) is 0. The molecule has 0 saturated heterocycles. The Hall–Kier alpha value is -2.91. The lowest BCUT2D eigenvalue weighted by atomic mass is 10.1. The minimum absolute atomic E-state index is 0.309. The predicted molar refractivity (Wildman–Crippen MR) is 97.4 cm³/mol. The average molecular weight is 333 g/mol. The van der Waals surface area contributed by atoms with E-state index in [1.54, 1.807) is 0 Å². The fourth-order valence-electron chi connectivity index (χ4n) is 2.52. The van der Waals surface area contributed by atoms with Gasteiger partial charge in [-0.2, -0.15) is 0 Å². The van der Waals surface area contributed by atoms with Crippen LogP contribution in [0.2, 0.25) is 0 Å². The molecule has 0 atom stereocenters. The second-order valence-corrected chi connectivity index (χ2v) is 5.78. The monoisotopic (exact) mass is 332 g/mol. The molecule has 0 bridgehead atoms. The van der Waals surface area contributed by atoms with E-state index in [0.717, 1.165) is 16.5 Å². The minimum Gasteiger partial charge on any atom is -0.415 e. The molecule has 4 aromatic rings. The zero-order valence-corrected chi connectivity index (χ0v) is 13.4. The number of hydrogen-bond acceptors (Lipinski definition) is 3. The summed E-state index contributed by atoms with van der Waals surface area (Å²) in [5.74, 6) is 0.763. The fraction of sp³-hybridized carbons (Fsp3) is 0. The number of nitrogens with zero attached hydrogens (tertiary/aromatic N) is 2. The molecule has 0 fully saturated rings. The van der Waals surface area contributed by atoms with Crippen LogP contribution in [0.4, 0.5) is 0 Å². The Morgan fingerprint density at radius 1 is 0.833 bits per heavy atom. The first-order valence-electron chi connectivity index (χ1n) is 7.55. The molecule has 0 aliphatic carbocycles. The van der Waals surface area contributed by atoms with Crippen molar-refractivity contribution < 1.29 is 4.42 Å². The van der Waals surface area contributed by atoms with E-state index in [2.05, 4.69) is 34.5 Å². The van der Waals surface area contributed by atoms with Gasteiger partial charge in [0.25, 0.3) is 5.89 Å². The van der Waals surface area contributed by atoms with E-state index in [-0.39, 0.29) is 0 Å². The molecule has 0 radical (unpaired) electrons. The Balaban J connectivity index is 1.66. The minimum atomic E-state index is 0.309. The molecule has 4 rings (SSSR count). The van der Waals surface area contributed by atoms with E-state index in [0.29, 0.717) is 16.8 Å². The highest BCUT2D eigenvalue weighted by Crippen LogP contribution is 2.26. The fourth-order valence-corrected chi connectivity index (χ4v) is 2.73. The van der Waals surface area contributed by atoms with Crippen LogP contribution in [0.5, 0.6) is 0 Å². The SMILES string of the molecule is Cl/C(=C\c1ccc2ccccc2c1)c1nnc(-c2ccccc2)o1. The van der Waals surface area contributed by atoms with Gasteiger partial charge in [0.05, 0.1) is 0 Å². The van der Waals surface area contributed by atoms with Gasteiger partial charge >= 0.3 is 0 Å². The van der Waals surface area contributed by atoms with Crippen molar-refractivity contribution in [1.29, 1.82) is 0 Å². The van der Waals surface area contributed by atoms with Gasteiger partial charge < -0.3 is 4.42 Å². The first-order chi connectivity index (χ1) is 11.8. The van der Waals surface area contributed by atoms with Gasteiger partial charge in [0.1, 0.15) is 5.03 Å². The van der Waals surface area contributed by atoms with E-state index in [1.165, 1.54) is 5.39 Å². The van der Waals surface area contributed by atoms with Crippen LogP contribution >= 0.6 is 11.6 Å². The van der Waals surface area contributed by atoms with Crippen molar-refractivity contribution in [2.75, 3.05) is 0 Å². The van der Waals surface area contributed by atoms with Crippen LogP contribution < -0.4 is 0 Å². The van der Waals surface area contributed by atoms with Crippen LogP contribution in [0.3, 0.4) is 0 Å². The second-order valence-electron chi connectivity index (χ2n) is 5.38. The van der Waals surface area contributed by atoms with Gasteiger partial charge in [-0.3, -0.25) is 0 Å². The van der Waals surface area contributed by atoms with Gasteiger partial charge in [0.15, 0.2) is 0 Å². The highest BCUT2D eigenvalue weighted by atomic mass is 35.5. The maximum Gasteiger partial charge on any atom is 0.259 e. The van der Waals surface area contributed by atoms with E-state index < -0.39 is 0 Å². The van der Waals surface area contributed by atoms with Gasteiger partial charge in [-0.1, -0.05) is 66.2 Å². The maximum absolute atomic E-state index is 6.36. The maximum atomic E-state index is 6.36. The molecule has 0 saturated carbocycles. The number of rotatable bonds is 3. The first-order valence-corrected chi connectivity index (χ1v) is 7.93. The Kier molecular flexibility index (Phi) is 3.85. The number of aromatic nitrogens is 2. The molecule has 4 heteroatoms. The summed E-state index contributed by atoms with van der Waals surface area (Å²) in [6, 6.07) is 24.0. The lowest BCUT2D eigenvalue weighted by Crippen LogP contribution is -1.79. The Morgan fingerprint density at radius 3 is 2.42 bits per heavy atom. The molecule has 0 aliphatic rings. The molecule has 0 aliphatic heterocycles. The Bertz CT molecular complexity index is 1020. The van der Waals surface area contributed by atoms with Crippen LogP contribution in [0.1, 0.15) is 11.5 Å². The predicted octanol–water partition coefficient (Wildman–Crippen LogP) is 5.63. The van der Waals surface area contributed by atoms with E-state index in [9.17, 15) is 0 Å². The molecule has 1 heterocycles. The molecule has 3 aromatic carbocycles. The van der Waals surface area contributed by atoms with E-state index >= 15 is 0 Å². The van der Waals surface area contributed by atoms with Gasteiger partial charge in [-0.15, -0.1) is 10.2 Å². The summed E-state index contributed by atoms with van der Waals surface area (Å²) >= 11 is 6.36. The lowest BCUT2D eigenvalue weighted by molar-refractivity contribution is 0.556. The molecule has 0 amide bonds. The normalized spacial score (nSPS) is 11.8. The van der Waals surface area contributed by atoms with Crippen molar-refractivity contribution in [3.8, 4) is 11.5 Å². The summed E-state index contributed by atoms with van der Waals surface area (Å²) in [5, 5.41) is 10.9. The van der Waals surface area contributed by atoms with Gasteiger partial charge in [-0.25, -0.2) is 0 Å². The average Bonchev–Trinajstić information content (AvgIpc) is 3.13. The number of halogens is 1. The highest BCUT2D eigenvalue weighted by molar-refractivity contribution is 6.50. The molecule has 0 unspecified atom stereocenters. The van der Waals surface area contributed by atoms with Crippen molar-refractivity contribution in [2.45, 2.75) is 0 Å². The summed E-state index contributed by atoms with van der Waals surface area (Å²) in [6.07, 6.45) is 1.83. The third kappa shape index (κ3) is 2.94. The quantitative estimate of drug-likeness (QED) is 0.488. The zero-order valence-electron chi connectivity index (χ0n) is 12.7. The van der Waals surface area contributed by atoms with Crippen molar-refractivity contribution in [3.05, 3.63) is 84.3 Å². The Labute approximate surface area is 144 Å². The molecule has 0 spiro atoms. The van der Waals surface area contributed by atoms with Crippen molar-refractivity contribution in [3.63, 3.8) is 0 Å². The number of fused-ring (bicyclic) bond motifs is 1. The van der Waals surface area contributed by atoms with Crippen LogP contribution in [-0.4, -0.2) is 10.2 Å². The first kappa shape index (κ1) is 14.7. The van der Waals surface area contributed by atoms with Crippen LogP contribution in [0.25, 0.3) is 33.3 Å². The standard InChI is InChI=1S/C20H13ClN2O/c21-18(13-14-10-11-15-6-4-5-9-17(15)12-14)20-23-22-19(24-20)16-7-2-1-3-8-16/h1-13H/b18-13-. The molecule has 3 nitrogen and oxygen atoms in total. The van der Waals surface area contributed by atoms with Gasteiger partial charge in [-0.05, 0) is 40.6 Å². The van der Waals surface area contributed by atoms with Crippen molar-refractivity contribution in [1.82, 2.24) is 10.2 Å². The third-order valence-electron chi connectivity index (χ3n) is 3.72. The van der Waals surface area contributed by atoms with Gasteiger partial charge in [0, 0.05) is 5.56 Å². The largest absolute Gasteiger partial charge is 0.415 e. The molecule has 24 heavy (non-hydrogen) atoms. The van der Waals surface area contributed by atoms with E-state index in [4.69, 9.17) is 16.0 Å². The third-order valence-corrected chi connectivity index (χ3v) is 3.99. The zero-order chi connectivity index (χ0) is 16.4. The molecular formula is C20H13ClN2O. The van der Waals surface area contributed by atoms with Crippen molar-refractivity contribution in [2.24, 2.45) is 0 Å². The lowest BCUT2D eigenvalue weighted by Gasteiger charge is -1.99. The highest BCUT2D eigenvalue weighted by Gasteiger charge is 2.11. The Morgan fingerprint density at radius 2 is 1.58 bits per heavy atom. The molecule has 1 aromatic heterocycles. The number of hydrogen-bond donors (Lipinski definition) is 0. The molecule has 0 N–H and O–H groups in total. The second kappa shape index (κ2) is 6.30. The molecule has 116 valence electrons. The summed E-state index contributed by atoms with van der Waals surface area (Å²) in [6.45, 7) is 0. The summed E-state index contributed by atoms with van der Waals surface area (Å²) < 4.78 is 5.67. The number of benzene rings is 3. The smallest absolute Gasteiger partial charge is 0.259 e. The molecular weight excluding hydrogens is 320 g/mol. The van der Waals surface area contributed by atoms with Crippen LogP contribution in [0, 0.1) is 0 Å².